The van der Waals surface area contributed by atoms with Crippen LogP contribution >= 0.6 is 11.6 Å². The number of hydrogen-bond acceptors (Lipinski definition) is 6. The molecule has 0 fully saturated rings. The molecule has 0 aliphatic rings. The van der Waals surface area contributed by atoms with Crippen molar-refractivity contribution in [1.29, 1.82) is 0 Å². The van der Waals surface area contributed by atoms with Crippen molar-refractivity contribution in [3.05, 3.63) is 40.5 Å². The number of anilines is 1. The second kappa shape index (κ2) is 8.29. The van der Waals surface area contributed by atoms with Gasteiger partial charge in [0.1, 0.15) is 6.10 Å². The van der Waals surface area contributed by atoms with Crippen molar-refractivity contribution in [2.24, 2.45) is 5.92 Å². The number of nitrogens with zero attached hydrogens (tertiary/aromatic N) is 2. The number of aliphatic hydroxyl groups excluding tert-OH is 1. The van der Waals surface area contributed by atoms with Crippen molar-refractivity contribution in [2.75, 3.05) is 11.9 Å². The highest BCUT2D eigenvalue weighted by Gasteiger charge is 2.15. The minimum absolute atomic E-state index is 0.0404. The van der Waals surface area contributed by atoms with Gasteiger partial charge in [0.15, 0.2) is 5.82 Å². The van der Waals surface area contributed by atoms with Gasteiger partial charge < -0.3 is 19.7 Å². The first-order chi connectivity index (χ1) is 11.0. The number of hydrogen-bond donors (Lipinski definition) is 2. The Bertz CT molecular complexity index is 631. The molecule has 1 unspecified atom stereocenters. The number of nitrogens with one attached hydrogen (secondary N) is 1. The van der Waals surface area contributed by atoms with Crippen LogP contribution in [0.2, 0.25) is 5.02 Å². The third-order valence-corrected chi connectivity index (χ3v) is 3.50. The SMILES string of the molecule is CC(C)COC(C)c1noc(CNc2cc(CO)ccc2Cl)n1. The van der Waals surface area contributed by atoms with Gasteiger partial charge in [-0.25, -0.2) is 0 Å². The maximum absolute atomic E-state index is 9.17. The number of aliphatic hydroxyl groups is 1. The monoisotopic (exact) mass is 339 g/mol. The molecule has 2 rings (SSSR count). The Morgan fingerprint density at radius 3 is 2.83 bits per heavy atom. The third-order valence-electron chi connectivity index (χ3n) is 3.17. The van der Waals surface area contributed by atoms with E-state index < -0.39 is 0 Å². The smallest absolute Gasteiger partial charge is 0.246 e. The molecule has 1 heterocycles. The maximum atomic E-state index is 9.17. The molecule has 0 saturated heterocycles. The molecule has 0 radical (unpaired) electrons. The summed E-state index contributed by atoms with van der Waals surface area (Å²) in [6.07, 6.45) is -0.212. The molecule has 0 saturated carbocycles. The fourth-order valence-corrected chi connectivity index (χ4v) is 2.08. The summed E-state index contributed by atoms with van der Waals surface area (Å²) in [4.78, 5) is 4.32. The first-order valence-electron chi connectivity index (χ1n) is 7.56. The molecule has 2 aromatic rings. The molecule has 1 aromatic heterocycles. The van der Waals surface area contributed by atoms with Gasteiger partial charge in [-0.2, -0.15) is 4.98 Å². The van der Waals surface area contributed by atoms with Crippen molar-refractivity contribution >= 4 is 17.3 Å². The predicted octanol–water partition coefficient (Wildman–Crippen LogP) is 3.56. The van der Waals surface area contributed by atoms with Gasteiger partial charge >= 0.3 is 0 Å². The Labute approximate surface area is 140 Å². The van der Waals surface area contributed by atoms with Gasteiger partial charge in [-0.1, -0.05) is 36.7 Å². The van der Waals surface area contributed by atoms with Crippen molar-refractivity contribution in [3.63, 3.8) is 0 Å². The number of rotatable bonds is 8. The third kappa shape index (κ3) is 5.20. The summed E-state index contributed by atoms with van der Waals surface area (Å²) in [6, 6.07) is 5.29. The van der Waals surface area contributed by atoms with Crippen LogP contribution in [0.5, 0.6) is 0 Å². The molecule has 23 heavy (non-hydrogen) atoms. The number of halogens is 1. The Morgan fingerprint density at radius 1 is 1.35 bits per heavy atom. The molecule has 0 spiro atoms. The van der Waals surface area contributed by atoms with E-state index in [-0.39, 0.29) is 12.7 Å². The average Bonchev–Trinajstić information content (AvgIpc) is 3.00. The summed E-state index contributed by atoms with van der Waals surface area (Å²) in [5, 5.41) is 16.8. The summed E-state index contributed by atoms with van der Waals surface area (Å²) in [7, 11) is 0. The van der Waals surface area contributed by atoms with E-state index in [1.54, 1.807) is 18.2 Å². The number of ether oxygens (including phenoxy) is 1. The first-order valence-corrected chi connectivity index (χ1v) is 7.94. The van der Waals surface area contributed by atoms with Crippen LogP contribution in [0.3, 0.4) is 0 Å². The minimum atomic E-state index is -0.212. The summed E-state index contributed by atoms with van der Waals surface area (Å²) >= 11 is 6.12. The summed E-state index contributed by atoms with van der Waals surface area (Å²) in [6.45, 7) is 7.02. The molecule has 0 aliphatic heterocycles. The Morgan fingerprint density at radius 2 is 2.13 bits per heavy atom. The highest BCUT2D eigenvalue weighted by molar-refractivity contribution is 6.33. The molecule has 2 N–H and O–H groups in total. The molecule has 7 heteroatoms. The fraction of sp³-hybridized carbons (Fsp3) is 0.500. The Balaban J connectivity index is 1.94. The van der Waals surface area contributed by atoms with E-state index in [1.807, 2.05) is 6.92 Å². The topological polar surface area (TPSA) is 80.4 Å². The van der Waals surface area contributed by atoms with Gasteiger partial charge in [0.2, 0.25) is 5.89 Å². The Hall–Kier alpha value is -1.63. The molecule has 1 aromatic carbocycles. The highest BCUT2D eigenvalue weighted by Crippen LogP contribution is 2.24. The molecule has 0 amide bonds. The van der Waals surface area contributed by atoms with Crippen LogP contribution in [-0.2, 0) is 17.9 Å². The van der Waals surface area contributed by atoms with E-state index in [1.165, 1.54) is 0 Å². The quantitative estimate of drug-likeness (QED) is 0.765. The van der Waals surface area contributed by atoms with Crippen LogP contribution in [0.15, 0.2) is 22.7 Å². The average molecular weight is 340 g/mol. The highest BCUT2D eigenvalue weighted by atomic mass is 35.5. The molecule has 6 nitrogen and oxygen atoms in total. The molecule has 1 atom stereocenters. The largest absolute Gasteiger partial charge is 0.392 e. The maximum Gasteiger partial charge on any atom is 0.246 e. The van der Waals surface area contributed by atoms with E-state index in [0.29, 0.717) is 41.5 Å². The normalized spacial score (nSPS) is 12.6. The van der Waals surface area contributed by atoms with Crippen molar-refractivity contribution in [2.45, 2.75) is 40.0 Å². The van der Waals surface area contributed by atoms with E-state index in [2.05, 4.69) is 29.3 Å². The zero-order valence-corrected chi connectivity index (χ0v) is 14.3. The molecule has 126 valence electrons. The zero-order chi connectivity index (χ0) is 16.8. The van der Waals surface area contributed by atoms with E-state index in [9.17, 15) is 0 Å². The van der Waals surface area contributed by atoms with Crippen LogP contribution in [0, 0.1) is 5.92 Å². The van der Waals surface area contributed by atoms with Crippen molar-refractivity contribution in [1.82, 2.24) is 10.1 Å². The summed E-state index contributed by atoms with van der Waals surface area (Å²) in [5.74, 6) is 1.43. The Kier molecular flexibility index (Phi) is 6.38. The minimum Gasteiger partial charge on any atom is -0.392 e. The van der Waals surface area contributed by atoms with Crippen LogP contribution in [0.4, 0.5) is 5.69 Å². The van der Waals surface area contributed by atoms with Crippen LogP contribution in [0.25, 0.3) is 0 Å². The molecular formula is C16H22ClN3O3. The predicted molar refractivity (Wildman–Crippen MR) is 88.2 cm³/mol. The summed E-state index contributed by atoms with van der Waals surface area (Å²) in [5.41, 5.74) is 1.49. The van der Waals surface area contributed by atoms with Crippen molar-refractivity contribution < 1.29 is 14.4 Å². The van der Waals surface area contributed by atoms with Crippen molar-refractivity contribution in [3.8, 4) is 0 Å². The van der Waals surface area contributed by atoms with Gasteiger partial charge in [-0.05, 0) is 30.5 Å². The lowest BCUT2D eigenvalue weighted by Crippen LogP contribution is -2.08. The van der Waals surface area contributed by atoms with Gasteiger partial charge in [0.05, 0.1) is 23.9 Å². The van der Waals surface area contributed by atoms with E-state index in [4.69, 9.17) is 26.0 Å². The molecule has 0 aliphatic carbocycles. The van der Waals surface area contributed by atoms with Gasteiger partial charge in [-0.3, -0.25) is 0 Å². The zero-order valence-electron chi connectivity index (χ0n) is 13.5. The summed E-state index contributed by atoms with van der Waals surface area (Å²) < 4.78 is 10.9. The fourth-order valence-electron chi connectivity index (χ4n) is 1.89. The first kappa shape index (κ1) is 17.7. The van der Waals surface area contributed by atoms with Gasteiger partial charge in [0, 0.05) is 6.61 Å². The lowest BCUT2D eigenvalue weighted by molar-refractivity contribution is 0.0402. The second-order valence-corrected chi connectivity index (χ2v) is 6.15. The van der Waals surface area contributed by atoms with Crippen LogP contribution in [0.1, 0.15) is 44.2 Å². The van der Waals surface area contributed by atoms with E-state index >= 15 is 0 Å². The molecular weight excluding hydrogens is 318 g/mol. The number of benzene rings is 1. The number of aromatic nitrogens is 2. The van der Waals surface area contributed by atoms with Crippen LogP contribution in [-0.4, -0.2) is 21.9 Å². The van der Waals surface area contributed by atoms with E-state index in [0.717, 1.165) is 5.56 Å². The van der Waals surface area contributed by atoms with Crippen LogP contribution < -0.4 is 5.32 Å². The second-order valence-electron chi connectivity index (χ2n) is 5.74. The van der Waals surface area contributed by atoms with Gasteiger partial charge in [-0.15, -0.1) is 0 Å². The lowest BCUT2D eigenvalue weighted by atomic mass is 10.2. The van der Waals surface area contributed by atoms with Gasteiger partial charge in [0.25, 0.3) is 0 Å². The molecule has 0 bridgehead atoms. The standard InChI is InChI=1S/C16H22ClN3O3/c1-10(2)9-22-11(3)16-19-15(23-20-16)7-18-14-6-12(8-21)4-5-13(14)17/h4-6,10-11,18,21H,7-9H2,1-3H3. The lowest BCUT2D eigenvalue weighted by Gasteiger charge is -2.10.